The summed E-state index contributed by atoms with van der Waals surface area (Å²) in [5.74, 6) is -0.888. The number of fused-ring (bicyclic) bond motifs is 4. The quantitative estimate of drug-likeness (QED) is 0.397. The second kappa shape index (κ2) is 4.32. The number of benzene rings is 4. The Bertz CT molecular complexity index is 1020. The van der Waals surface area contributed by atoms with Gasteiger partial charge in [-0.15, -0.1) is 0 Å². The first-order chi connectivity index (χ1) is 10.2. The Hall–Kier alpha value is -2.87. The molecule has 0 amide bonds. The van der Waals surface area contributed by atoms with Gasteiger partial charge in [-0.05, 0) is 50.5 Å². The van der Waals surface area contributed by atoms with Gasteiger partial charge in [0.15, 0.2) is 0 Å². The van der Waals surface area contributed by atoms with Crippen molar-refractivity contribution in [1.29, 1.82) is 0 Å². The summed E-state index contributed by atoms with van der Waals surface area (Å²) in [6.07, 6.45) is 0. The molecule has 0 aliphatic heterocycles. The molecule has 0 saturated heterocycles. The van der Waals surface area contributed by atoms with E-state index in [2.05, 4.69) is 30.3 Å². The van der Waals surface area contributed by atoms with Crippen LogP contribution in [0.2, 0.25) is 0 Å². The molecule has 0 aliphatic carbocycles. The first-order valence-corrected chi connectivity index (χ1v) is 6.81. The number of carboxylic acid groups (broad SMARTS) is 1. The molecule has 0 aliphatic rings. The molecule has 2 nitrogen and oxygen atoms in total. The second-order valence-corrected chi connectivity index (χ2v) is 5.19. The van der Waals surface area contributed by atoms with E-state index in [0.29, 0.717) is 5.56 Å². The highest BCUT2D eigenvalue weighted by atomic mass is 16.4. The summed E-state index contributed by atoms with van der Waals surface area (Å²) in [5, 5.41) is 15.7. The monoisotopic (exact) mass is 272 g/mol. The van der Waals surface area contributed by atoms with Gasteiger partial charge in [0.05, 0.1) is 5.56 Å². The fourth-order valence-electron chi connectivity index (χ4n) is 2.97. The number of aromatic carboxylic acids is 1. The van der Waals surface area contributed by atoms with Crippen molar-refractivity contribution in [2.45, 2.75) is 0 Å². The van der Waals surface area contributed by atoms with Crippen LogP contribution < -0.4 is 0 Å². The molecule has 4 aromatic rings. The summed E-state index contributed by atoms with van der Waals surface area (Å²) in [5.41, 5.74) is 0.350. The molecule has 0 saturated carbocycles. The molecular formula is C19H12O2. The Morgan fingerprint density at radius 3 is 2.19 bits per heavy atom. The van der Waals surface area contributed by atoms with Gasteiger partial charge in [-0.3, -0.25) is 0 Å². The molecule has 0 atom stereocenters. The van der Waals surface area contributed by atoms with E-state index < -0.39 is 5.97 Å². The fourth-order valence-corrected chi connectivity index (χ4v) is 2.97. The van der Waals surface area contributed by atoms with Crippen LogP contribution in [-0.4, -0.2) is 11.1 Å². The molecular weight excluding hydrogens is 260 g/mol. The average Bonchev–Trinajstić information content (AvgIpc) is 2.52. The lowest BCUT2D eigenvalue weighted by molar-refractivity contribution is 0.0699. The molecule has 0 aromatic heterocycles. The van der Waals surface area contributed by atoms with Gasteiger partial charge in [0, 0.05) is 0 Å². The predicted octanol–water partition coefficient (Wildman–Crippen LogP) is 4.84. The first-order valence-electron chi connectivity index (χ1n) is 6.81. The van der Waals surface area contributed by atoms with E-state index in [-0.39, 0.29) is 0 Å². The third kappa shape index (κ3) is 1.77. The van der Waals surface area contributed by atoms with Crippen molar-refractivity contribution in [3.63, 3.8) is 0 Å². The van der Waals surface area contributed by atoms with Gasteiger partial charge in [0.2, 0.25) is 0 Å². The molecule has 0 radical (unpaired) electrons. The van der Waals surface area contributed by atoms with E-state index in [9.17, 15) is 9.90 Å². The lowest BCUT2D eigenvalue weighted by Crippen LogP contribution is -1.97. The Morgan fingerprint density at radius 2 is 1.33 bits per heavy atom. The van der Waals surface area contributed by atoms with E-state index in [1.54, 1.807) is 12.1 Å². The number of hydrogen-bond donors (Lipinski definition) is 1. The summed E-state index contributed by atoms with van der Waals surface area (Å²) in [7, 11) is 0. The highest BCUT2D eigenvalue weighted by Crippen LogP contribution is 2.30. The molecule has 0 unspecified atom stereocenters. The normalized spacial score (nSPS) is 11.2. The largest absolute Gasteiger partial charge is 0.478 e. The summed E-state index contributed by atoms with van der Waals surface area (Å²) < 4.78 is 0. The Balaban J connectivity index is 2.20. The lowest BCUT2D eigenvalue weighted by Gasteiger charge is -2.08. The van der Waals surface area contributed by atoms with Gasteiger partial charge in [-0.2, -0.15) is 0 Å². The maximum absolute atomic E-state index is 11.4. The van der Waals surface area contributed by atoms with Crippen LogP contribution in [0.3, 0.4) is 0 Å². The highest BCUT2D eigenvalue weighted by Gasteiger charge is 2.09. The molecule has 0 heterocycles. The Labute approximate surface area is 121 Å². The van der Waals surface area contributed by atoms with Crippen molar-refractivity contribution < 1.29 is 9.90 Å². The van der Waals surface area contributed by atoms with Crippen molar-refractivity contribution in [1.82, 2.24) is 0 Å². The highest BCUT2D eigenvalue weighted by molar-refractivity contribution is 6.14. The van der Waals surface area contributed by atoms with Crippen molar-refractivity contribution >= 4 is 38.3 Å². The molecule has 0 spiro atoms. The number of carboxylic acids is 1. The molecule has 4 rings (SSSR count). The standard InChI is InChI=1S/C19H12O2/c20-19(21)16-7-3-5-13-10-17-14(11-18(13)16)9-8-12-4-1-2-6-15(12)17/h1-11H,(H,20,21). The van der Waals surface area contributed by atoms with E-state index >= 15 is 0 Å². The van der Waals surface area contributed by atoms with Crippen molar-refractivity contribution in [2.24, 2.45) is 0 Å². The van der Waals surface area contributed by atoms with Crippen molar-refractivity contribution in [2.75, 3.05) is 0 Å². The minimum Gasteiger partial charge on any atom is -0.478 e. The van der Waals surface area contributed by atoms with Gasteiger partial charge in [0.25, 0.3) is 0 Å². The maximum Gasteiger partial charge on any atom is 0.336 e. The van der Waals surface area contributed by atoms with Gasteiger partial charge in [-0.25, -0.2) is 4.79 Å². The predicted molar refractivity (Wildman–Crippen MR) is 85.9 cm³/mol. The van der Waals surface area contributed by atoms with Crippen LogP contribution in [0.25, 0.3) is 32.3 Å². The van der Waals surface area contributed by atoms with Gasteiger partial charge >= 0.3 is 5.97 Å². The number of hydrogen-bond acceptors (Lipinski definition) is 1. The van der Waals surface area contributed by atoms with Gasteiger partial charge in [0.1, 0.15) is 0 Å². The molecule has 100 valence electrons. The van der Waals surface area contributed by atoms with Crippen LogP contribution in [0.5, 0.6) is 0 Å². The third-order valence-electron chi connectivity index (χ3n) is 3.97. The summed E-state index contributed by atoms with van der Waals surface area (Å²) in [6.45, 7) is 0. The number of carbonyl (C=O) groups is 1. The zero-order chi connectivity index (χ0) is 14.4. The van der Waals surface area contributed by atoms with E-state index in [0.717, 1.165) is 21.5 Å². The van der Waals surface area contributed by atoms with E-state index in [1.807, 2.05) is 24.3 Å². The van der Waals surface area contributed by atoms with E-state index in [1.165, 1.54) is 10.8 Å². The third-order valence-corrected chi connectivity index (χ3v) is 3.97. The molecule has 2 heteroatoms. The molecule has 21 heavy (non-hydrogen) atoms. The van der Waals surface area contributed by atoms with Crippen molar-refractivity contribution in [3.05, 3.63) is 72.3 Å². The minimum atomic E-state index is -0.888. The summed E-state index contributed by atoms with van der Waals surface area (Å²) >= 11 is 0. The summed E-state index contributed by atoms with van der Waals surface area (Å²) in [6, 6.07) is 21.8. The van der Waals surface area contributed by atoms with E-state index in [4.69, 9.17) is 0 Å². The van der Waals surface area contributed by atoms with Crippen LogP contribution >= 0.6 is 0 Å². The maximum atomic E-state index is 11.4. The average molecular weight is 272 g/mol. The Morgan fingerprint density at radius 1 is 0.667 bits per heavy atom. The minimum absolute atomic E-state index is 0.350. The summed E-state index contributed by atoms with van der Waals surface area (Å²) in [4.78, 5) is 11.4. The van der Waals surface area contributed by atoms with Crippen LogP contribution in [0, 0.1) is 0 Å². The first kappa shape index (κ1) is 11.9. The smallest absolute Gasteiger partial charge is 0.336 e. The molecule has 4 aromatic carbocycles. The van der Waals surface area contributed by atoms with Crippen LogP contribution in [0.15, 0.2) is 66.7 Å². The van der Waals surface area contributed by atoms with Crippen molar-refractivity contribution in [3.8, 4) is 0 Å². The zero-order valence-corrected chi connectivity index (χ0v) is 11.2. The fraction of sp³-hybridized carbons (Fsp3) is 0. The SMILES string of the molecule is O=C(O)c1cccc2cc3c(ccc4ccccc43)cc12. The number of rotatable bonds is 1. The molecule has 0 bridgehead atoms. The van der Waals surface area contributed by atoms with Crippen LogP contribution in [-0.2, 0) is 0 Å². The van der Waals surface area contributed by atoms with Crippen LogP contribution in [0.1, 0.15) is 10.4 Å². The lowest BCUT2D eigenvalue weighted by atomic mass is 9.96. The van der Waals surface area contributed by atoms with Gasteiger partial charge in [-0.1, -0.05) is 48.5 Å². The Kier molecular flexibility index (Phi) is 2.45. The van der Waals surface area contributed by atoms with Gasteiger partial charge < -0.3 is 5.11 Å². The zero-order valence-electron chi connectivity index (χ0n) is 11.2. The molecule has 0 fully saturated rings. The topological polar surface area (TPSA) is 37.3 Å². The molecule has 1 N–H and O–H groups in total. The van der Waals surface area contributed by atoms with Crippen LogP contribution in [0.4, 0.5) is 0 Å². The second-order valence-electron chi connectivity index (χ2n) is 5.19.